The summed E-state index contributed by atoms with van der Waals surface area (Å²) < 4.78 is 1.63. The third kappa shape index (κ3) is 1.53. The number of aromatic nitrogens is 3. The van der Waals surface area contributed by atoms with E-state index in [-0.39, 0.29) is 11.5 Å². The Bertz CT molecular complexity index is 796. The molecule has 0 bridgehead atoms. The number of nitrogens with zero attached hydrogens (tertiary/aromatic N) is 2. The van der Waals surface area contributed by atoms with Crippen molar-refractivity contribution in [2.45, 2.75) is 26.7 Å². The van der Waals surface area contributed by atoms with Crippen LogP contribution in [0, 0.1) is 6.92 Å². The second kappa shape index (κ2) is 3.70. The molecule has 18 heavy (non-hydrogen) atoms. The summed E-state index contributed by atoms with van der Waals surface area (Å²) in [6.45, 7) is 6.08. The molecule has 0 atom stereocenters. The minimum Gasteiger partial charge on any atom is -0.323 e. The van der Waals surface area contributed by atoms with E-state index < -0.39 is 0 Å². The molecule has 0 unspecified atom stereocenters. The molecule has 2 aromatic heterocycles. The van der Waals surface area contributed by atoms with Crippen molar-refractivity contribution in [3.8, 4) is 0 Å². The average Bonchev–Trinajstić information content (AvgIpc) is 2.66. The summed E-state index contributed by atoms with van der Waals surface area (Å²) in [6.07, 6.45) is 0. The summed E-state index contributed by atoms with van der Waals surface area (Å²) in [7, 11) is 0. The maximum Gasteiger partial charge on any atom is 0.259 e. The van der Waals surface area contributed by atoms with E-state index in [0.717, 1.165) is 22.3 Å². The van der Waals surface area contributed by atoms with Crippen molar-refractivity contribution in [2.75, 3.05) is 0 Å². The molecule has 2 heterocycles. The van der Waals surface area contributed by atoms with Crippen LogP contribution in [0.2, 0.25) is 0 Å². The molecule has 0 aliphatic carbocycles. The number of benzene rings is 1. The second-order valence-corrected chi connectivity index (χ2v) is 4.98. The number of hydrogen-bond acceptors (Lipinski definition) is 2. The van der Waals surface area contributed by atoms with Gasteiger partial charge in [-0.2, -0.15) is 0 Å². The predicted octanol–water partition coefficient (Wildman–Crippen LogP) is 2.61. The van der Waals surface area contributed by atoms with Crippen molar-refractivity contribution in [1.29, 1.82) is 0 Å². The Morgan fingerprint density at radius 2 is 2.06 bits per heavy atom. The van der Waals surface area contributed by atoms with Crippen molar-refractivity contribution in [1.82, 2.24) is 14.4 Å². The fourth-order valence-electron chi connectivity index (χ4n) is 2.17. The largest absolute Gasteiger partial charge is 0.323 e. The summed E-state index contributed by atoms with van der Waals surface area (Å²) in [5.74, 6) is 0.864. The van der Waals surface area contributed by atoms with Crippen LogP contribution in [0.25, 0.3) is 16.8 Å². The zero-order valence-corrected chi connectivity index (χ0v) is 10.7. The van der Waals surface area contributed by atoms with E-state index in [1.165, 1.54) is 0 Å². The van der Waals surface area contributed by atoms with Crippen LogP contribution in [0.15, 0.2) is 29.1 Å². The lowest BCUT2D eigenvalue weighted by Gasteiger charge is -2.03. The molecule has 0 spiro atoms. The van der Waals surface area contributed by atoms with Gasteiger partial charge < -0.3 is 4.98 Å². The fraction of sp³-hybridized carbons (Fsp3) is 0.286. The number of fused-ring (bicyclic) bond motifs is 3. The zero-order valence-electron chi connectivity index (χ0n) is 10.7. The monoisotopic (exact) mass is 241 g/mol. The van der Waals surface area contributed by atoms with Gasteiger partial charge in [-0.1, -0.05) is 19.9 Å². The summed E-state index contributed by atoms with van der Waals surface area (Å²) in [4.78, 5) is 19.9. The van der Waals surface area contributed by atoms with E-state index in [1.54, 1.807) is 10.5 Å². The molecule has 0 saturated heterocycles. The zero-order chi connectivity index (χ0) is 12.9. The highest BCUT2D eigenvalue weighted by Crippen LogP contribution is 2.17. The predicted molar refractivity (Wildman–Crippen MR) is 72.1 cm³/mol. The molecule has 0 amide bonds. The highest BCUT2D eigenvalue weighted by Gasteiger charge is 2.10. The van der Waals surface area contributed by atoms with Gasteiger partial charge in [0.25, 0.3) is 5.56 Å². The third-order valence-electron chi connectivity index (χ3n) is 3.17. The molecule has 0 fully saturated rings. The van der Waals surface area contributed by atoms with Gasteiger partial charge in [0.05, 0.1) is 16.7 Å². The van der Waals surface area contributed by atoms with Crippen LogP contribution < -0.4 is 5.56 Å². The van der Waals surface area contributed by atoms with E-state index >= 15 is 0 Å². The number of imidazole rings is 1. The van der Waals surface area contributed by atoms with Crippen LogP contribution in [0.3, 0.4) is 0 Å². The molecule has 0 aliphatic rings. The number of H-pyrrole nitrogens is 1. The van der Waals surface area contributed by atoms with Gasteiger partial charge in [0.2, 0.25) is 5.78 Å². The Hall–Kier alpha value is -2.10. The van der Waals surface area contributed by atoms with Crippen molar-refractivity contribution in [3.05, 3.63) is 45.9 Å². The first kappa shape index (κ1) is 11.0. The van der Waals surface area contributed by atoms with E-state index in [4.69, 9.17) is 0 Å². The van der Waals surface area contributed by atoms with E-state index in [9.17, 15) is 4.79 Å². The van der Waals surface area contributed by atoms with Crippen molar-refractivity contribution < 1.29 is 0 Å². The van der Waals surface area contributed by atoms with E-state index in [0.29, 0.717) is 5.78 Å². The van der Waals surface area contributed by atoms with Crippen LogP contribution in [0.4, 0.5) is 0 Å². The molecule has 3 aromatic rings. The van der Waals surface area contributed by atoms with Gasteiger partial charge in [-0.3, -0.25) is 4.79 Å². The highest BCUT2D eigenvalue weighted by atomic mass is 16.1. The van der Waals surface area contributed by atoms with Crippen LogP contribution >= 0.6 is 0 Å². The van der Waals surface area contributed by atoms with E-state index in [1.807, 2.05) is 39.0 Å². The SMILES string of the molecule is Cc1ccc2[nH]c3nc(C(C)C)cc(=O)n3c2c1. The van der Waals surface area contributed by atoms with Crippen molar-refractivity contribution >= 4 is 16.8 Å². The second-order valence-electron chi connectivity index (χ2n) is 4.98. The maximum absolute atomic E-state index is 12.2. The maximum atomic E-state index is 12.2. The van der Waals surface area contributed by atoms with Gasteiger partial charge in [-0.05, 0) is 30.5 Å². The fourth-order valence-corrected chi connectivity index (χ4v) is 2.17. The first-order chi connectivity index (χ1) is 8.56. The molecule has 0 radical (unpaired) electrons. The molecule has 92 valence electrons. The van der Waals surface area contributed by atoms with Crippen molar-refractivity contribution in [3.63, 3.8) is 0 Å². The van der Waals surface area contributed by atoms with Crippen LogP contribution in [-0.4, -0.2) is 14.4 Å². The van der Waals surface area contributed by atoms with Crippen LogP contribution in [0.1, 0.15) is 31.0 Å². The normalized spacial score (nSPS) is 11.8. The Kier molecular flexibility index (Phi) is 2.26. The van der Waals surface area contributed by atoms with Gasteiger partial charge >= 0.3 is 0 Å². The van der Waals surface area contributed by atoms with Gasteiger partial charge in [-0.25, -0.2) is 9.38 Å². The lowest BCUT2D eigenvalue weighted by atomic mass is 10.1. The molecule has 1 aromatic carbocycles. The number of aryl methyl sites for hydroxylation is 1. The first-order valence-electron chi connectivity index (χ1n) is 6.08. The number of nitrogens with one attached hydrogen (secondary N) is 1. The Balaban J connectivity index is 2.47. The Labute approximate surface area is 104 Å². The van der Waals surface area contributed by atoms with Crippen LogP contribution in [0.5, 0.6) is 0 Å². The third-order valence-corrected chi connectivity index (χ3v) is 3.17. The Morgan fingerprint density at radius 3 is 2.78 bits per heavy atom. The summed E-state index contributed by atoms with van der Waals surface area (Å²) >= 11 is 0. The van der Waals surface area contributed by atoms with Gasteiger partial charge in [0.15, 0.2) is 0 Å². The quantitative estimate of drug-likeness (QED) is 0.712. The van der Waals surface area contributed by atoms with Crippen LogP contribution in [-0.2, 0) is 0 Å². The topological polar surface area (TPSA) is 50.2 Å². The average molecular weight is 241 g/mol. The molecule has 4 heteroatoms. The molecule has 3 rings (SSSR count). The number of aromatic amines is 1. The summed E-state index contributed by atoms with van der Waals surface area (Å²) in [6, 6.07) is 7.62. The highest BCUT2D eigenvalue weighted by molar-refractivity contribution is 5.80. The lowest BCUT2D eigenvalue weighted by Crippen LogP contribution is -2.14. The van der Waals surface area contributed by atoms with Gasteiger partial charge in [0, 0.05) is 6.07 Å². The molecular weight excluding hydrogens is 226 g/mol. The molecular formula is C14H15N3O. The molecule has 1 N–H and O–H groups in total. The Morgan fingerprint density at radius 1 is 1.28 bits per heavy atom. The van der Waals surface area contributed by atoms with Gasteiger partial charge in [-0.15, -0.1) is 0 Å². The molecule has 0 aliphatic heterocycles. The van der Waals surface area contributed by atoms with Gasteiger partial charge in [0.1, 0.15) is 0 Å². The minimum absolute atomic E-state index is 0.0273. The number of hydrogen-bond donors (Lipinski definition) is 1. The summed E-state index contributed by atoms with van der Waals surface area (Å²) in [5, 5.41) is 0. The summed E-state index contributed by atoms with van der Waals surface area (Å²) in [5.41, 5.74) is 3.75. The smallest absolute Gasteiger partial charge is 0.259 e. The molecule has 4 nitrogen and oxygen atoms in total. The van der Waals surface area contributed by atoms with Crippen molar-refractivity contribution in [2.24, 2.45) is 0 Å². The van der Waals surface area contributed by atoms with E-state index in [2.05, 4.69) is 9.97 Å². The standard InChI is InChI=1S/C14H15N3O/c1-8(2)11-7-13(18)17-12-6-9(3)4-5-10(12)15-14(17)16-11/h4-8H,1-3H3,(H,15,16). The lowest BCUT2D eigenvalue weighted by molar-refractivity contribution is 0.812. The molecule has 0 saturated carbocycles. The number of rotatable bonds is 1. The minimum atomic E-state index is -0.0273. The first-order valence-corrected chi connectivity index (χ1v) is 6.08.